The van der Waals surface area contributed by atoms with E-state index in [-0.39, 0.29) is 25.1 Å². The van der Waals surface area contributed by atoms with Gasteiger partial charge in [0.25, 0.3) is 5.91 Å². The first-order valence-electron chi connectivity index (χ1n) is 8.17. The van der Waals surface area contributed by atoms with E-state index in [0.717, 1.165) is 5.75 Å². The Balaban J connectivity index is 1.63. The Morgan fingerprint density at radius 1 is 1.04 bits per heavy atom. The maximum atomic E-state index is 12.2. The number of carbonyl (C=O) groups excluding carboxylic acids is 2. The Labute approximate surface area is 150 Å². The second-order valence-electron chi connectivity index (χ2n) is 5.55. The fraction of sp³-hybridized carbons (Fsp3) is 0.263. The first kappa shape index (κ1) is 17.6. The molecule has 0 atom stereocenters. The summed E-state index contributed by atoms with van der Waals surface area (Å²) in [6, 6.07) is 10.1. The van der Waals surface area contributed by atoms with Gasteiger partial charge in [0.15, 0.2) is 23.9 Å². The molecule has 0 aliphatic carbocycles. The van der Waals surface area contributed by atoms with Crippen LogP contribution in [-0.2, 0) is 4.79 Å². The molecule has 1 amide bonds. The van der Waals surface area contributed by atoms with E-state index in [0.29, 0.717) is 35.1 Å². The minimum atomic E-state index is -0.389. The van der Waals surface area contributed by atoms with Crippen molar-refractivity contribution in [2.45, 2.75) is 13.8 Å². The Morgan fingerprint density at radius 2 is 1.65 bits per heavy atom. The number of amides is 1. The van der Waals surface area contributed by atoms with E-state index in [4.69, 9.17) is 18.9 Å². The molecular formula is C19H19NO6. The minimum Gasteiger partial charge on any atom is -0.494 e. The van der Waals surface area contributed by atoms with Crippen LogP contribution in [0, 0.1) is 0 Å². The molecule has 26 heavy (non-hydrogen) atoms. The first-order valence-corrected chi connectivity index (χ1v) is 8.17. The molecule has 1 aliphatic heterocycles. The number of rotatable bonds is 7. The van der Waals surface area contributed by atoms with E-state index in [1.54, 1.807) is 36.4 Å². The molecule has 1 N–H and O–H groups in total. The second-order valence-corrected chi connectivity index (χ2v) is 5.55. The number of nitrogens with one attached hydrogen (secondary N) is 1. The van der Waals surface area contributed by atoms with Crippen LogP contribution in [0.15, 0.2) is 36.4 Å². The quantitative estimate of drug-likeness (QED) is 0.767. The molecule has 2 aromatic rings. The summed E-state index contributed by atoms with van der Waals surface area (Å²) in [6.07, 6.45) is 0. The molecule has 136 valence electrons. The van der Waals surface area contributed by atoms with Crippen molar-refractivity contribution in [2.75, 3.05) is 25.3 Å². The summed E-state index contributed by atoms with van der Waals surface area (Å²) < 4.78 is 21.4. The lowest BCUT2D eigenvalue weighted by Crippen LogP contribution is -2.21. The van der Waals surface area contributed by atoms with E-state index in [1.807, 2.05) is 6.92 Å². The van der Waals surface area contributed by atoms with Gasteiger partial charge in [0.05, 0.1) is 12.3 Å². The van der Waals surface area contributed by atoms with Crippen molar-refractivity contribution in [3.63, 3.8) is 0 Å². The lowest BCUT2D eigenvalue weighted by molar-refractivity contribution is -0.118. The summed E-state index contributed by atoms with van der Waals surface area (Å²) >= 11 is 0. The maximum Gasteiger partial charge on any atom is 0.262 e. The SMILES string of the molecule is CCOc1ccc(OCC(=O)Nc2cc3c(cc2C(C)=O)OCO3)cc1. The number of ketones is 1. The van der Waals surface area contributed by atoms with Gasteiger partial charge in [-0.1, -0.05) is 0 Å². The lowest BCUT2D eigenvalue weighted by Gasteiger charge is -2.11. The molecule has 0 unspecified atom stereocenters. The number of anilines is 1. The molecule has 0 fully saturated rings. The molecule has 1 heterocycles. The van der Waals surface area contributed by atoms with Crippen molar-refractivity contribution in [2.24, 2.45) is 0 Å². The van der Waals surface area contributed by atoms with Crippen LogP contribution in [0.1, 0.15) is 24.2 Å². The number of Topliss-reactive ketones (excluding diaryl/α,β-unsaturated/α-hetero) is 1. The predicted molar refractivity (Wildman–Crippen MR) is 94.3 cm³/mol. The Kier molecular flexibility index (Phi) is 5.26. The van der Waals surface area contributed by atoms with Crippen LogP contribution in [0.5, 0.6) is 23.0 Å². The normalized spacial score (nSPS) is 11.8. The molecule has 0 aromatic heterocycles. The highest BCUT2D eigenvalue weighted by Crippen LogP contribution is 2.37. The third kappa shape index (κ3) is 4.05. The van der Waals surface area contributed by atoms with Gasteiger partial charge in [-0.25, -0.2) is 0 Å². The summed E-state index contributed by atoms with van der Waals surface area (Å²) in [5.74, 6) is 1.67. The van der Waals surface area contributed by atoms with Gasteiger partial charge in [-0.05, 0) is 44.2 Å². The molecule has 0 bridgehead atoms. The number of fused-ring (bicyclic) bond motifs is 1. The molecule has 0 spiro atoms. The van der Waals surface area contributed by atoms with Gasteiger partial charge < -0.3 is 24.3 Å². The largest absolute Gasteiger partial charge is 0.494 e. The predicted octanol–water partition coefficient (Wildman–Crippen LogP) is 3.03. The standard InChI is InChI=1S/C19H19NO6/c1-3-23-13-4-6-14(7-5-13)24-10-19(22)20-16-9-18-17(25-11-26-18)8-15(16)12(2)21/h4-9H,3,10-11H2,1-2H3,(H,20,22). The number of benzene rings is 2. The molecule has 0 saturated carbocycles. The fourth-order valence-corrected chi connectivity index (χ4v) is 2.47. The fourth-order valence-electron chi connectivity index (χ4n) is 2.47. The van der Waals surface area contributed by atoms with Gasteiger partial charge in [-0.3, -0.25) is 9.59 Å². The molecule has 3 rings (SSSR count). The van der Waals surface area contributed by atoms with Crippen molar-refractivity contribution in [3.05, 3.63) is 42.0 Å². The molecule has 7 nitrogen and oxygen atoms in total. The highest BCUT2D eigenvalue weighted by molar-refractivity contribution is 6.04. The number of hydrogen-bond donors (Lipinski definition) is 1. The van der Waals surface area contributed by atoms with Crippen LogP contribution in [-0.4, -0.2) is 31.7 Å². The zero-order valence-corrected chi connectivity index (χ0v) is 14.5. The molecule has 0 radical (unpaired) electrons. The number of ether oxygens (including phenoxy) is 4. The van der Waals surface area contributed by atoms with Gasteiger partial charge in [-0.15, -0.1) is 0 Å². The van der Waals surface area contributed by atoms with Gasteiger partial charge in [0, 0.05) is 11.6 Å². The van der Waals surface area contributed by atoms with Crippen molar-refractivity contribution in [3.8, 4) is 23.0 Å². The molecule has 1 aliphatic rings. The van der Waals surface area contributed by atoms with Crippen LogP contribution in [0.3, 0.4) is 0 Å². The highest BCUT2D eigenvalue weighted by atomic mass is 16.7. The number of carbonyl (C=O) groups is 2. The maximum absolute atomic E-state index is 12.2. The van der Waals surface area contributed by atoms with Crippen molar-refractivity contribution in [1.82, 2.24) is 0 Å². The third-order valence-electron chi connectivity index (χ3n) is 3.67. The summed E-state index contributed by atoms with van der Waals surface area (Å²) in [6.45, 7) is 3.80. The topological polar surface area (TPSA) is 83.1 Å². The van der Waals surface area contributed by atoms with E-state index in [9.17, 15) is 9.59 Å². The second kappa shape index (κ2) is 7.77. The van der Waals surface area contributed by atoms with Crippen LogP contribution in [0.25, 0.3) is 0 Å². The van der Waals surface area contributed by atoms with Gasteiger partial charge in [-0.2, -0.15) is 0 Å². The van der Waals surface area contributed by atoms with Gasteiger partial charge >= 0.3 is 0 Å². The van der Waals surface area contributed by atoms with Gasteiger partial charge in [0.1, 0.15) is 11.5 Å². The highest BCUT2D eigenvalue weighted by Gasteiger charge is 2.20. The summed E-state index contributed by atoms with van der Waals surface area (Å²) in [4.78, 5) is 24.0. The monoisotopic (exact) mass is 357 g/mol. The van der Waals surface area contributed by atoms with Crippen molar-refractivity contribution in [1.29, 1.82) is 0 Å². The third-order valence-corrected chi connectivity index (χ3v) is 3.67. The minimum absolute atomic E-state index is 0.0882. The molecule has 0 saturated heterocycles. The average molecular weight is 357 g/mol. The Bertz CT molecular complexity index is 816. The average Bonchev–Trinajstić information content (AvgIpc) is 3.08. The van der Waals surface area contributed by atoms with Gasteiger partial charge in [0.2, 0.25) is 6.79 Å². The van der Waals surface area contributed by atoms with Crippen LogP contribution >= 0.6 is 0 Å². The zero-order chi connectivity index (χ0) is 18.5. The molecular weight excluding hydrogens is 338 g/mol. The van der Waals surface area contributed by atoms with Crippen LogP contribution in [0.2, 0.25) is 0 Å². The van der Waals surface area contributed by atoms with E-state index in [2.05, 4.69) is 5.32 Å². The lowest BCUT2D eigenvalue weighted by atomic mass is 10.1. The van der Waals surface area contributed by atoms with E-state index in [1.165, 1.54) is 6.92 Å². The van der Waals surface area contributed by atoms with E-state index < -0.39 is 0 Å². The van der Waals surface area contributed by atoms with Crippen LogP contribution < -0.4 is 24.3 Å². The van der Waals surface area contributed by atoms with Crippen molar-refractivity contribution >= 4 is 17.4 Å². The van der Waals surface area contributed by atoms with E-state index >= 15 is 0 Å². The number of hydrogen-bond acceptors (Lipinski definition) is 6. The summed E-state index contributed by atoms with van der Waals surface area (Å²) in [7, 11) is 0. The molecule has 2 aromatic carbocycles. The van der Waals surface area contributed by atoms with Crippen LogP contribution in [0.4, 0.5) is 5.69 Å². The Hall–Kier alpha value is -3.22. The zero-order valence-electron chi connectivity index (χ0n) is 14.5. The Morgan fingerprint density at radius 3 is 2.27 bits per heavy atom. The summed E-state index contributed by atoms with van der Waals surface area (Å²) in [5, 5.41) is 2.68. The first-order chi connectivity index (χ1) is 12.6. The smallest absolute Gasteiger partial charge is 0.262 e. The molecule has 7 heteroatoms. The summed E-state index contributed by atoms with van der Waals surface area (Å²) in [5.41, 5.74) is 0.714. The van der Waals surface area contributed by atoms with Crippen molar-refractivity contribution < 1.29 is 28.5 Å².